The maximum absolute atomic E-state index is 11.0. The molecule has 86 valence electrons. The Hall–Kier alpha value is -1.61. The molecule has 0 bridgehead atoms. The van der Waals surface area contributed by atoms with E-state index in [0.29, 0.717) is 5.56 Å². The highest BCUT2D eigenvalue weighted by molar-refractivity contribution is 9.10. The van der Waals surface area contributed by atoms with Gasteiger partial charge in [0.15, 0.2) is 0 Å². The first-order valence-corrected chi connectivity index (χ1v) is 5.98. The molecular formula is C14H11BrO2. The SMILES string of the molecule is Cc1ccccc1-c1cc(C(=O)O)ccc1Br. The van der Waals surface area contributed by atoms with Crippen LogP contribution in [0.3, 0.4) is 0 Å². The first kappa shape index (κ1) is 11.9. The molecule has 0 aliphatic carbocycles. The maximum Gasteiger partial charge on any atom is 0.335 e. The van der Waals surface area contributed by atoms with Crippen molar-refractivity contribution in [3.8, 4) is 11.1 Å². The molecule has 0 radical (unpaired) electrons. The molecule has 0 aromatic heterocycles. The number of carboxylic acid groups (broad SMARTS) is 1. The molecule has 0 spiro atoms. The second kappa shape index (κ2) is 4.72. The van der Waals surface area contributed by atoms with E-state index in [1.54, 1.807) is 18.2 Å². The number of carbonyl (C=O) groups is 1. The van der Waals surface area contributed by atoms with E-state index in [9.17, 15) is 4.79 Å². The molecule has 1 N–H and O–H groups in total. The summed E-state index contributed by atoms with van der Waals surface area (Å²) in [5.74, 6) is -0.910. The Morgan fingerprint density at radius 1 is 1.12 bits per heavy atom. The summed E-state index contributed by atoms with van der Waals surface area (Å²) in [6, 6.07) is 13.0. The van der Waals surface area contributed by atoms with Crippen molar-refractivity contribution in [3.05, 3.63) is 58.1 Å². The van der Waals surface area contributed by atoms with Crippen LogP contribution in [0.25, 0.3) is 11.1 Å². The Labute approximate surface area is 108 Å². The third-order valence-corrected chi connectivity index (χ3v) is 3.34. The number of hydrogen-bond donors (Lipinski definition) is 1. The zero-order valence-electron chi connectivity index (χ0n) is 9.27. The van der Waals surface area contributed by atoms with Gasteiger partial charge in [0.25, 0.3) is 0 Å². The van der Waals surface area contributed by atoms with Crippen LogP contribution in [-0.2, 0) is 0 Å². The van der Waals surface area contributed by atoms with Crippen LogP contribution in [-0.4, -0.2) is 11.1 Å². The summed E-state index contributed by atoms with van der Waals surface area (Å²) in [4.78, 5) is 11.0. The van der Waals surface area contributed by atoms with Gasteiger partial charge in [-0.15, -0.1) is 0 Å². The molecule has 3 heteroatoms. The lowest BCUT2D eigenvalue weighted by Crippen LogP contribution is -1.96. The van der Waals surface area contributed by atoms with Crippen molar-refractivity contribution in [1.29, 1.82) is 0 Å². The summed E-state index contributed by atoms with van der Waals surface area (Å²) in [5.41, 5.74) is 3.37. The van der Waals surface area contributed by atoms with Crippen molar-refractivity contribution in [2.24, 2.45) is 0 Å². The fourth-order valence-electron chi connectivity index (χ4n) is 1.74. The molecule has 0 amide bonds. The maximum atomic E-state index is 11.0. The van der Waals surface area contributed by atoms with Crippen LogP contribution in [0, 0.1) is 6.92 Å². The first-order valence-electron chi connectivity index (χ1n) is 5.18. The van der Waals surface area contributed by atoms with E-state index in [2.05, 4.69) is 15.9 Å². The van der Waals surface area contributed by atoms with Crippen molar-refractivity contribution >= 4 is 21.9 Å². The minimum absolute atomic E-state index is 0.298. The van der Waals surface area contributed by atoms with Gasteiger partial charge in [-0.1, -0.05) is 40.2 Å². The van der Waals surface area contributed by atoms with Crippen molar-refractivity contribution < 1.29 is 9.90 Å². The third kappa shape index (κ3) is 2.39. The van der Waals surface area contributed by atoms with Gasteiger partial charge >= 0.3 is 5.97 Å². The van der Waals surface area contributed by atoms with Crippen molar-refractivity contribution in [3.63, 3.8) is 0 Å². The largest absolute Gasteiger partial charge is 0.478 e. The minimum Gasteiger partial charge on any atom is -0.478 e. The van der Waals surface area contributed by atoms with E-state index in [0.717, 1.165) is 21.2 Å². The second-order valence-corrected chi connectivity index (χ2v) is 4.67. The zero-order chi connectivity index (χ0) is 12.4. The fourth-order valence-corrected chi connectivity index (χ4v) is 2.20. The number of halogens is 1. The average Bonchev–Trinajstić information content (AvgIpc) is 2.30. The molecule has 17 heavy (non-hydrogen) atoms. The Balaban J connectivity index is 2.63. The van der Waals surface area contributed by atoms with Gasteiger partial charge in [-0.3, -0.25) is 0 Å². The fraction of sp³-hybridized carbons (Fsp3) is 0.0714. The van der Waals surface area contributed by atoms with E-state index in [-0.39, 0.29) is 0 Å². The van der Waals surface area contributed by atoms with E-state index >= 15 is 0 Å². The molecule has 0 saturated carbocycles. The molecule has 0 fully saturated rings. The molecule has 0 atom stereocenters. The molecule has 2 aromatic carbocycles. The number of carboxylic acids is 1. The Bertz CT molecular complexity index is 576. The Kier molecular flexibility index (Phi) is 3.29. The molecule has 2 rings (SSSR count). The summed E-state index contributed by atoms with van der Waals surface area (Å²) in [7, 11) is 0. The van der Waals surface area contributed by atoms with Crippen LogP contribution in [0.1, 0.15) is 15.9 Å². The highest BCUT2D eigenvalue weighted by atomic mass is 79.9. The van der Waals surface area contributed by atoms with Gasteiger partial charge in [0.1, 0.15) is 0 Å². The number of aryl methyl sites for hydroxylation is 1. The normalized spacial score (nSPS) is 10.2. The van der Waals surface area contributed by atoms with Gasteiger partial charge in [-0.25, -0.2) is 4.79 Å². The molecule has 2 aromatic rings. The summed E-state index contributed by atoms with van der Waals surface area (Å²) in [6.07, 6.45) is 0. The number of hydrogen-bond acceptors (Lipinski definition) is 1. The smallest absolute Gasteiger partial charge is 0.335 e. The van der Waals surface area contributed by atoms with Crippen LogP contribution in [0.5, 0.6) is 0 Å². The highest BCUT2D eigenvalue weighted by Gasteiger charge is 2.09. The predicted octanol–water partition coefficient (Wildman–Crippen LogP) is 4.12. The molecule has 0 aliphatic heterocycles. The van der Waals surface area contributed by atoms with Gasteiger partial charge in [-0.05, 0) is 41.8 Å². The Morgan fingerprint density at radius 2 is 1.82 bits per heavy atom. The van der Waals surface area contributed by atoms with E-state index in [1.807, 2.05) is 31.2 Å². The van der Waals surface area contributed by atoms with Gasteiger partial charge in [0.05, 0.1) is 5.56 Å². The minimum atomic E-state index is -0.910. The van der Waals surface area contributed by atoms with Crippen LogP contribution in [0.2, 0.25) is 0 Å². The highest BCUT2D eigenvalue weighted by Crippen LogP contribution is 2.31. The number of rotatable bonds is 2. The van der Waals surface area contributed by atoms with Crippen molar-refractivity contribution in [1.82, 2.24) is 0 Å². The lowest BCUT2D eigenvalue weighted by Gasteiger charge is -2.09. The molecule has 0 saturated heterocycles. The van der Waals surface area contributed by atoms with Crippen LogP contribution < -0.4 is 0 Å². The molecule has 2 nitrogen and oxygen atoms in total. The van der Waals surface area contributed by atoms with Crippen molar-refractivity contribution in [2.45, 2.75) is 6.92 Å². The van der Waals surface area contributed by atoms with Crippen LogP contribution in [0.4, 0.5) is 0 Å². The molecule has 0 heterocycles. The molecule has 0 aliphatic rings. The number of aromatic carboxylic acids is 1. The third-order valence-electron chi connectivity index (χ3n) is 2.65. The lowest BCUT2D eigenvalue weighted by molar-refractivity contribution is 0.0697. The van der Waals surface area contributed by atoms with Crippen molar-refractivity contribution in [2.75, 3.05) is 0 Å². The van der Waals surface area contributed by atoms with Gasteiger partial charge in [0, 0.05) is 4.47 Å². The number of benzene rings is 2. The average molecular weight is 291 g/mol. The quantitative estimate of drug-likeness (QED) is 0.903. The van der Waals surface area contributed by atoms with Crippen LogP contribution >= 0.6 is 15.9 Å². The lowest BCUT2D eigenvalue weighted by atomic mass is 9.99. The summed E-state index contributed by atoms with van der Waals surface area (Å²) in [6.45, 7) is 2.01. The summed E-state index contributed by atoms with van der Waals surface area (Å²) in [5, 5.41) is 9.00. The monoisotopic (exact) mass is 290 g/mol. The molecular weight excluding hydrogens is 280 g/mol. The van der Waals surface area contributed by atoms with Crippen LogP contribution in [0.15, 0.2) is 46.9 Å². The van der Waals surface area contributed by atoms with Gasteiger partial charge < -0.3 is 5.11 Å². The van der Waals surface area contributed by atoms with Gasteiger partial charge in [-0.2, -0.15) is 0 Å². The van der Waals surface area contributed by atoms with E-state index in [4.69, 9.17) is 5.11 Å². The van der Waals surface area contributed by atoms with Gasteiger partial charge in [0.2, 0.25) is 0 Å². The predicted molar refractivity (Wildman–Crippen MR) is 71.3 cm³/mol. The van der Waals surface area contributed by atoms with E-state index < -0.39 is 5.97 Å². The summed E-state index contributed by atoms with van der Waals surface area (Å²) >= 11 is 3.46. The first-order chi connectivity index (χ1) is 8.09. The summed E-state index contributed by atoms with van der Waals surface area (Å²) < 4.78 is 0.900. The standard InChI is InChI=1S/C14H11BrO2/c1-9-4-2-3-5-11(9)12-8-10(14(16)17)6-7-13(12)15/h2-8H,1H3,(H,16,17). The zero-order valence-corrected chi connectivity index (χ0v) is 10.9. The topological polar surface area (TPSA) is 37.3 Å². The second-order valence-electron chi connectivity index (χ2n) is 3.81. The molecule has 0 unspecified atom stereocenters. The Morgan fingerprint density at radius 3 is 2.47 bits per heavy atom. The van der Waals surface area contributed by atoms with E-state index in [1.165, 1.54) is 0 Å².